The van der Waals surface area contributed by atoms with Gasteiger partial charge in [-0.15, -0.1) is 0 Å². The summed E-state index contributed by atoms with van der Waals surface area (Å²) in [6.07, 6.45) is -2.46. The maximum Gasteiger partial charge on any atom is 0.433 e. The topological polar surface area (TPSA) is 69.9 Å². The lowest BCUT2D eigenvalue weighted by atomic mass is 10.1. The Morgan fingerprint density at radius 1 is 1.38 bits per heavy atom. The van der Waals surface area contributed by atoms with Gasteiger partial charge in [0, 0.05) is 19.7 Å². The molecule has 0 spiro atoms. The van der Waals surface area contributed by atoms with Crippen LogP contribution in [-0.2, 0) is 31.0 Å². The number of alkyl halides is 3. The molecular weight excluding hydrogens is 325 g/mol. The van der Waals surface area contributed by atoms with Crippen LogP contribution in [0.3, 0.4) is 0 Å². The number of aryl methyl sites for hydroxylation is 1. The van der Waals surface area contributed by atoms with Crippen LogP contribution < -0.4 is 0 Å². The number of hydrogen-bond acceptors (Lipinski definition) is 5. The first kappa shape index (κ1) is 17.9. The van der Waals surface area contributed by atoms with Gasteiger partial charge in [0.15, 0.2) is 5.69 Å². The molecule has 0 N–H and O–H groups in total. The molecule has 0 fully saturated rings. The fourth-order valence-electron chi connectivity index (χ4n) is 2.05. The van der Waals surface area contributed by atoms with E-state index >= 15 is 0 Å². The molecule has 0 saturated carbocycles. The fourth-order valence-corrected chi connectivity index (χ4v) is 2.05. The van der Waals surface area contributed by atoms with Crippen molar-refractivity contribution in [3.63, 3.8) is 0 Å². The van der Waals surface area contributed by atoms with Gasteiger partial charge in [0.2, 0.25) is 0 Å². The summed E-state index contributed by atoms with van der Waals surface area (Å²) in [5, 5.41) is 3.69. The Labute approximate surface area is 136 Å². The average Bonchev–Trinajstić information content (AvgIpc) is 2.85. The summed E-state index contributed by atoms with van der Waals surface area (Å²) in [4.78, 5) is 20.1. The summed E-state index contributed by atoms with van der Waals surface area (Å²) in [5.41, 5.74) is -0.836. The molecule has 0 bridgehead atoms. The smallest absolute Gasteiger partial charge is 0.433 e. The van der Waals surface area contributed by atoms with Gasteiger partial charge in [-0.3, -0.25) is 4.68 Å². The van der Waals surface area contributed by atoms with Crippen molar-refractivity contribution >= 4 is 5.97 Å². The Balaban J connectivity index is 2.03. The van der Waals surface area contributed by atoms with E-state index in [0.29, 0.717) is 22.8 Å². The molecule has 0 aliphatic rings. The number of aromatic nitrogens is 4. The third kappa shape index (κ3) is 4.53. The molecule has 0 amide bonds. The van der Waals surface area contributed by atoms with Crippen molar-refractivity contribution < 1.29 is 22.7 Å². The van der Waals surface area contributed by atoms with Gasteiger partial charge in [0.1, 0.15) is 23.8 Å². The van der Waals surface area contributed by atoms with Crippen LogP contribution in [0, 0.1) is 5.92 Å². The summed E-state index contributed by atoms with van der Waals surface area (Å²) >= 11 is 0. The second-order valence-corrected chi connectivity index (χ2v) is 5.67. The standard InChI is InChI=1S/C15H17F3N4O2/c1-9(2)6-13-19-5-4-11(20-13)14(23)24-8-10-7-12(15(16,17)18)22(3)21-10/h4-5,7,9H,6,8H2,1-3H3. The number of halogens is 3. The molecule has 130 valence electrons. The van der Waals surface area contributed by atoms with Crippen molar-refractivity contribution in [3.05, 3.63) is 41.2 Å². The molecule has 6 nitrogen and oxygen atoms in total. The van der Waals surface area contributed by atoms with Crippen LogP contribution in [0.25, 0.3) is 0 Å². The van der Waals surface area contributed by atoms with Crippen LogP contribution in [0.2, 0.25) is 0 Å². The van der Waals surface area contributed by atoms with Crippen LogP contribution in [-0.4, -0.2) is 25.7 Å². The minimum absolute atomic E-state index is 0.00892. The highest BCUT2D eigenvalue weighted by Gasteiger charge is 2.35. The Bertz CT molecular complexity index is 726. The molecule has 0 saturated heterocycles. The zero-order valence-corrected chi connectivity index (χ0v) is 13.5. The Morgan fingerprint density at radius 2 is 2.08 bits per heavy atom. The molecule has 0 radical (unpaired) electrons. The van der Waals surface area contributed by atoms with E-state index in [9.17, 15) is 18.0 Å². The van der Waals surface area contributed by atoms with Gasteiger partial charge in [-0.2, -0.15) is 18.3 Å². The molecule has 2 heterocycles. The molecule has 0 aliphatic heterocycles. The van der Waals surface area contributed by atoms with Crippen LogP contribution in [0.4, 0.5) is 13.2 Å². The van der Waals surface area contributed by atoms with E-state index < -0.39 is 17.8 Å². The van der Waals surface area contributed by atoms with Gasteiger partial charge in [0.25, 0.3) is 0 Å². The van der Waals surface area contributed by atoms with E-state index in [1.54, 1.807) is 0 Å². The van der Waals surface area contributed by atoms with E-state index in [-0.39, 0.29) is 18.0 Å². The van der Waals surface area contributed by atoms with Gasteiger partial charge in [-0.25, -0.2) is 14.8 Å². The summed E-state index contributed by atoms with van der Waals surface area (Å²) in [6, 6.07) is 2.24. The Hall–Kier alpha value is -2.45. The van der Waals surface area contributed by atoms with Crippen molar-refractivity contribution in [2.75, 3.05) is 0 Å². The summed E-state index contributed by atoms with van der Waals surface area (Å²) < 4.78 is 43.8. The van der Waals surface area contributed by atoms with Gasteiger partial charge in [-0.05, 0) is 18.1 Å². The largest absolute Gasteiger partial charge is 0.454 e. The van der Waals surface area contributed by atoms with E-state index in [0.717, 1.165) is 6.07 Å². The van der Waals surface area contributed by atoms with Gasteiger partial charge in [0.05, 0.1) is 0 Å². The molecule has 0 atom stereocenters. The fraction of sp³-hybridized carbons (Fsp3) is 0.467. The van der Waals surface area contributed by atoms with Gasteiger partial charge in [-0.1, -0.05) is 13.8 Å². The molecular formula is C15H17F3N4O2. The molecule has 2 aromatic rings. The van der Waals surface area contributed by atoms with Gasteiger partial charge >= 0.3 is 12.1 Å². The lowest BCUT2D eigenvalue weighted by Gasteiger charge is -2.05. The predicted octanol–water partition coefficient (Wildman–Crippen LogP) is 2.78. The van der Waals surface area contributed by atoms with Crippen LogP contribution >= 0.6 is 0 Å². The van der Waals surface area contributed by atoms with Crippen molar-refractivity contribution in [3.8, 4) is 0 Å². The number of carbonyl (C=O) groups is 1. The number of rotatable bonds is 5. The molecule has 0 unspecified atom stereocenters. The third-order valence-electron chi connectivity index (χ3n) is 3.08. The molecule has 2 aromatic heterocycles. The van der Waals surface area contributed by atoms with Crippen LogP contribution in [0.15, 0.2) is 18.3 Å². The molecule has 9 heteroatoms. The van der Waals surface area contributed by atoms with E-state index in [1.165, 1.54) is 19.3 Å². The number of ether oxygens (including phenoxy) is 1. The zero-order valence-electron chi connectivity index (χ0n) is 13.5. The highest BCUT2D eigenvalue weighted by atomic mass is 19.4. The minimum Gasteiger partial charge on any atom is -0.454 e. The first-order valence-electron chi connectivity index (χ1n) is 7.26. The van der Waals surface area contributed by atoms with E-state index in [1.807, 2.05) is 13.8 Å². The normalized spacial score (nSPS) is 11.8. The summed E-state index contributed by atoms with van der Waals surface area (Å²) in [7, 11) is 1.18. The quantitative estimate of drug-likeness (QED) is 0.782. The first-order chi connectivity index (χ1) is 11.2. The van der Waals surface area contributed by atoms with Crippen molar-refractivity contribution in [2.45, 2.75) is 33.1 Å². The van der Waals surface area contributed by atoms with E-state index in [4.69, 9.17) is 4.74 Å². The molecule has 24 heavy (non-hydrogen) atoms. The van der Waals surface area contributed by atoms with Gasteiger partial charge < -0.3 is 4.74 Å². The Morgan fingerprint density at radius 3 is 2.67 bits per heavy atom. The second-order valence-electron chi connectivity index (χ2n) is 5.67. The van der Waals surface area contributed by atoms with Crippen molar-refractivity contribution in [1.82, 2.24) is 19.7 Å². The van der Waals surface area contributed by atoms with Crippen LogP contribution in [0.5, 0.6) is 0 Å². The highest BCUT2D eigenvalue weighted by molar-refractivity contribution is 5.87. The first-order valence-corrected chi connectivity index (χ1v) is 7.26. The second kappa shape index (κ2) is 6.98. The third-order valence-corrected chi connectivity index (χ3v) is 3.08. The summed E-state index contributed by atoms with van der Waals surface area (Å²) in [6.45, 7) is 3.62. The minimum atomic E-state index is -4.51. The maximum atomic E-state index is 12.7. The van der Waals surface area contributed by atoms with E-state index in [2.05, 4.69) is 15.1 Å². The number of carbonyl (C=O) groups excluding carboxylic acids is 1. The van der Waals surface area contributed by atoms with Crippen molar-refractivity contribution in [2.24, 2.45) is 13.0 Å². The number of hydrogen-bond donors (Lipinski definition) is 0. The zero-order chi connectivity index (χ0) is 17.9. The maximum absolute atomic E-state index is 12.7. The number of esters is 1. The highest BCUT2D eigenvalue weighted by Crippen LogP contribution is 2.29. The predicted molar refractivity (Wildman–Crippen MR) is 77.9 cm³/mol. The monoisotopic (exact) mass is 342 g/mol. The summed E-state index contributed by atoms with van der Waals surface area (Å²) in [5.74, 6) is 0.101. The molecule has 2 rings (SSSR count). The average molecular weight is 342 g/mol. The van der Waals surface area contributed by atoms with Crippen molar-refractivity contribution in [1.29, 1.82) is 0 Å². The lowest BCUT2D eigenvalue weighted by Crippen LogP contribution is -2.11. The SMILES string of the molecule is CC(C)Cc1nccc(C(=O)OCc2cc(C(F)(F)F)n(C)n2)n1. The molecule has 0 aliphatic carbocycles. The molecule has 0 aromatic carbocycles. The number of nitrogens with zero attached hydrogens (tertiary/aromatic N) is 4. The lowest BCUT2D eigenvalue weighted by molar-refractivity contribution is -0.143. The Kier molecular flexibility index (Phi) is 5.20. The van der Waals surface area contributed by atoms with Crippen LogP contribution in [0.1, 0.15) is 41.5 Å².